The minimum Gasteiger partial charge on any atom is -0.496 e. The van der Waals surface area contributed by atoms with Gasteiger partial charge in [0.15, 0.2) is 5.82 Å². The molecule has 19 heavy (non-hydrogen) atoms. The maximum absolute atomic E-state index is 10.2. The number of halogens is 1. The SMILES string of the molecule is COc1ccc(Br)cc1CC(O)c1ncc(C)cn1. The number of aliphatic hydroxyl groups is 1. The third-order valence-electron chi connectivity index (χ3n) is 2.75. The van der Waals surface area contributed by atoms with Crippen molar-refractivity contribution < 1.29 is 9.84 Å². The van der Waals surface area contributed by atoms with Crippen LogP contribution < -0.4 is 4.74 Å². The summed E-state index contributed by atoms with van der Waals surface area (Å²) in [7, 11) is 1.61. The van der Waals surface area contributed by atoms with Crippen molar-refractivity contribution in [1.82, 2.24) is 9.97 Å². The van der Waals surface area contributed by atoms with E-state index in [0.717, 1.165) is 21.3 Å². The molecule has 1 unspecified atom stereocenters. The summed E-state index contributed by atoms with van der Waals surface area (Å²) in [6.45, 7) is 1.91. The van der Waals surface area contributed by atoms with Gasteiger partial charge in [0.25, 0.3) is 0 Å². The van der Waals surface area contributed by atoms with Gasteiger partial charge in [0.2, 0.25) is 0 Å². The summed E-state index contributed by atoms with van der Waals surface area (Å²) < 4.78 is 6.23. The van der Waals surface area contributed by atoms with Crippen LogP contribution in [0.4, 0.5) is 0 Å². The molecule has 100 valence electrons. The van der Waals surface area contributed by atoms with E-state index < -0.39 is 6.10 Å². The van der Waals surface area contributed by atoms with Crippen LogP contribution in [0.1, 0.15) is 23.1 Å². The molecule has 1 heterocycles. The van der Waals surface area contributed by atoms with Gasteiger partial charge in [-0.25, -0.2) is 9.97 Å². The van der Waals surface area contributed by atoms with E-state index in [9.17, 15) is 5.11 Å². The molecule has 0 aliphatic carbocycles. The van der Waals surface area contributed by atoms with E-state index in [1.54, 1.807) is 19.5 Å². The molecule has 0 fully saturated rings. The lowest BCUT2D eigenvalue weighted by Gasteiger charge is -2.13. The first-order valence-corrected chi connectivity index (χ1v) is 6.68. The second-order valence-corrected chi connectivity index (χ2v) is 5.21. The summed E-state index contributed by atoms with van der Waals surface area (Å²) in [5, 5.41) is 10.2. The lowest BCUT2D eigenvalue weighted by molar-refractivity contribution is 0.167. The van der Waals surface area contributed by atoms with Gasteiger partial charge in [0, 0.05) is 23.3 Å². The molecule has 2 aromatic rings. The molecule has 0 spiro atoms. The number of aliphatic hydroxyl groups excluding tert-OH is 1. The molecule has 1 atom stereocenters. The summed E-state index contributed by atoms with van der Waals surface area (Å²) >= 11 is 3.41. The summed E-state index contributed by atoms with van der Waals surface area (Å²) in [5.41, 5.74) is 1.88. The van der Waals surface area contributed by atoms with Crippen molar-refractivity contribution in [3.63, 3.8) is 0 Å². The number of hydrogen-bond acceptors (Lipinski definition) is 4. The molecule has 1 aromatic heterocycles. The highest BCUT2D eigenvalue weighted by molar-refractivity contribution is 9.10. The average Bonchev–Trinajstić information content (AvgIpc) is 2.39. The van der Waals surface area contributed by atoms with E-state index in [1.165, 1.54) is 0 Å². The molecule has 0 bridgehead atoms. The molecule has 2 rings (SSSR count). The highest BCUT2D eigenvalue weighted by atomic mass is 79.9. The standard InChI is InChI=1S/C14H15BrN2O2/c1-9-7-16-14(17-8-9)12(18)6-10-5-11(15)3-4-13(10)19-2/h3-5,7-8,12,18H,6H2,1-2H3. The van der Waals surface area contributed by atoms with Gasteiger partial charge in [-0.3, -0.25) is 0 Å². The van der Waals surface area contributed by atoms with Crippen LogP contribution in [-0.2, 0) is 6.42 Å². The first-order chi connectivity index (χ1) is 9.10. The van der Waals surface area contributed by atoms with Crippen molar-refractivity contribution in [2.24, 2.45) is 0 Å². The average molecular weight is 323 g/mol. The summed E-state index contributed by atoms with van der Waals surface area (Å²) in [5.74, 6) is 1.17. The van der Waals surface area contributed by atoms with Gasteiger partial charge >= 0.3 is 0 Å². The van der Waals surface area contributed by atoms with Crippen molar-refractivity contribution in [2.75, 3.05) is 7.11 Å². The molecule has 1 N–H and O–H groups in total. The van der Waals surface area contributed by atoms with Crippen LogP contribution in [0.15, 0.2) is 35.1 Å². The summed E-state index contributed by atoms with van der Waals surface area (Å²) in [4.78, 5) is 8.28. The Morgan fingerprint density at radius 2 is 2.00 bits per heavy atom. The van der Waals surface area contributed by atoms with Crippen molar-refractivity contribution in [2.45, 2.75) is 19.4 Å². The molecule has 0 aliphatic rings. The molecule has 0 aliphatic heterocycles. The Labute approximate surface area is 120 Å². The van der Waals surface area contributed by atoms with E-state index in [2.05, 4.69) is 25.9 Å². The monoisotopic (exact) mass is 322 g/mol. The van der Waals surface area contributed by atoms with Gasteiger partial charge in [-0.2, -0.15) is 0 Å². The molecule has 4 nitrogen and oxygen atoms in total. The first-order valence-electron chi connectivity index (χ1n) is 5.89. The lowest BCUT2D eigenvalue weighted by Crippen LogP contribution is -2.07. The molecular weight excluding hydrogens is 308 g/mol. The van der Waals surface area contributed by atoms with Gasteiger partial charge in [0.05, 0.1) is 7.11 Å². The number of aryl methyl sites for hydroxylation is 1. The van der Waals surface area contributed by atoms with Crippen molar-refractivity contribution >= 4 is 15.9 Å². The first kappa shape index (κ1) is 14.0. The lowest BCUT2D eigenvalue weighted by atomic mass is 10.1. The molecule has 5 heteroatoms. The number of ether oxygens (including phenoxy) is 1. The number of aromatic nitrogens is 2. The van der Waals surface area contributed by atoms with E-state index in [0.29, 0.717) is 12.2 Å². The fourth-order valence-electron chi connectivity index (χ4n) is 1.78. The van der Waals surface area contributed by atoms with Gasteiger partial charge in [-0.05, 0) is 36.2 Å². The van der Waals surface area contributed by atoms with E-state index in [-0.39, 0.29) is 0 Å². The number of rotatable bonds is 4. The highest BCUT2D eigenvalue weighted by Gasteiger charge is 2.14. The Kier molecular flexibility index (Phi) is 4.50. The van der Waals surface area contributed by atoms with E-state index >= 15 is 0 Å². The van der Waals surface area contributed by atoms with Crippen molar-refractivity contribution in [3.8, 4) is 5.75 Å². The van der Waals surface area contributed by atoms with Gasteiger partial charge in [-0.1, -0.05) is 15.9 Å². The predicted octanol–water partition coefficient (Wildman–Crippen LogP) is 2.83. The second-order valence-electron chi connectivity index (χ2n) is 4.29. The fourth-order valence-corrected chi connectivity index (χ4v) is 2.19. The van der Waals surface area contributed by atoms with E-state index in [4.69, 9.17) is 4.74 Å². The maximum Gasteiger partial charge on any atom is 0.157 e. The van der Waals surface area contributed by atoms with Gasteiger partial charge in [-0.15, -0.1) is 0 Å². The Bertz CT molecular complexity index is 558. The third-order valence-corrected chi connectivity index (χ3v) is 3.25. The molecule has 0 amide bonds. The van der Waals surface area contributed by atoms with Crippen LogP contribution >= 0.6 is 15.9 Å². The van der Waals surface area contributed by atoms with Crippen LogP contribution in [0.3, 0.4) is 0 Å². The van der Waals surface area contributed by atoms with Crippen LogP contribution in [0, 0.1) is 6.92 Å². The third kappa shape index (κ3) is 3.52. The minimum absolute atomic E-state index is 0.408. The zero-order chi connectivity index (χ0) is 13.8. The van der Waals surface area contributed by atoms with Crippen molar-refractivity contribution in [1.29, 1.82) is 0 Å². The summed E-state index contributed by atoms with van der Waals surface area (Å²) in [6, 6.07) is 5.69. The zero-order valence-electron chi connectivity index (χ0n) is 10.8. The molecule has 1 aromatic carbocycles. The molecule has 0 saturated carbocycles. The van der Waals surface area contributed by atoms with Crippen LogP contribution in [-0.4, -0.2) is 22.2 Å². The normalized spacial score (nSPS) is 12.2. The smallest absolute Gasteiger partial charge is 0.157 e. The fraction of sp³-hybridized carbons (Fsp3) is 0.286. The highest BCUT2D eigenvalue weighted by Crippen LogP contribution is 2.26. The van der Waals surface area contributed by atoms with E-state index in [1.807, 2.05) is 25.1 Å². The Balaban J connectivity index is 2.20. The number of benzene rings is 1. The minimum atomic E-state index is -0.746. The van der Waals surface area contributed by atoms with Crippen LogP contribution in [0.25, 0.3) is 0 Å². The zero-order valence-corrected chi connectivity index (χ0v) is 12.4. The number of methoxy groups -OCH3 is 1. The largest absolute Gasteiger partial charge is 0.496 e. The quantitative estimate of drug-likeness (QED) is 0.940. The number of hydrogen-bond donors (Lipinski definition) is 1. The van der Waals surface area contributed by atoms with Crippen LogP contribution in [0.2, 0.25) is 0 Å². The topological polar surface area (TPSA) is 55.2 Å². The Hall–Kier alpha value is -1.46. The molecule has 0 radical (unpaired) electrons. The Morgan fingerprint density at radius 3 is 2.63 bits per heavy atom. The Morgan fingerprint density at radius 1 is 1.32 bits per heavy atom. The van der Waals surface area contributed by atoms with Crippen LogP contribution in [0.5, 0.6) is 5.75 Å². The van der Waals surface area contributed by atoms with Crippen molar-refractivity contribution in [3.05, 3.63) is 52.0 Å². The number of nitrogens with zero attached hydrogens (tertiary/aromatic N) is 2. The van der Waals surface area contributed by atoms with Gasteiger partial charge < -0.3 is 9.84 Å². The summed E-state index contributed by atoms with van der Waals surface area (Å²) in [6.07, 6.45) is 3.06. The molecule has 0 saturated heterocycles. The van der Waals surface area contributed by atoms with Gasteiger partial charge in [0.1, 0.15) is 11.9 Å². The molecular formula is C14H15BrN2O2. The maximum atomic E-state index is 10.2. The predicted molar refractivity (Wildman–Crippen MR) is 76.1 cm³/mol. The second kappa shape index (κ2) is 6.12.